The first-order valence-corrected chi connectivity index (χ1v) is 17.4. The molecule has 0 aromatic carbocycles. The number of rotatable bonds is 2. The lowest BCUT2D eigenvalue weighted by Gasteiger charge is -2.26. The van der Waals surface area contributed by atoms with Gasteiger partial charge in [0.05, 0.1) is 50.2 Å². The largest absolute Gasteiger partial charge is 0.472 e. The molecule has 22 heteroatoms. The van der Waals surface area contributed by atoms with E-state index in [1.807, 2.05) is 0 Å². The van der Waals surface area contributed by atoms with Crippen molar-refractivity contribution in [3.63, 3.8) is 0 Å². The average Bonchev–Trinajstić information content (AvgIpc) is 3.72. The van der Waals surface area contributed by atoms with Crippen LogP contribution in [0.15, 0.2) is 34.9 Å². The minimum atomic E-state index is -4.96. The van der Waals surface area contributed by atoms with E-state index in [-0.39, 0.29) is 35.2 Å². The number of thiol groups is 1. The van der Waals surface area contributed by atoms with Crippen molar-refractivity contribution in [2.45, 2.75) is 55.7 Å². The minimum Gasteiger partial charge on any atom is -0.346 e. The molecule has 9 atom stereocenters. The second-order valence-corrected chi connectivity index (χ2v) is 14.9. The summed E-state index contributed by atoms with van der Waals surface area (Å²) in [6.07, 6.45) is -3.76. The Morgan fingerprint density at radius 1 is 0.886 bits per heavy atom. The van der Waals surface area contributed by atoms with E-state index in [1.54, 1.807) is 0 Å². The number of alkyl halides is 1. The molecule has 4 aromatic heterocycles. The van der Waals surface area contributed by atoms with Crippen LogP contribution in [0, 0.1) is 0 Å². The molecule has 0 radical (unpaired) electrons. The van der Waals surface area contributed by atoms with Gasteiger partial charge in [0.1, 0.15) is 12.2 Å². The average molecular weight is 675 g/mol. The van der Waals surface area contributed by atoms with Gasteiger partial charge in [-0.2, -0.15) is 0 Å². The van der Waals surface area contributed by atoms with Crippen molar-refractivity contribution in [2.24, 2.45) is 14.1 Å². The third-order valence-electron chi connectivity index (χ3n) is 7.82. The molecule has 44 heavy (non-hydrogen) atoms. The number of nitrogens with zero attached hydrogens (tertiary/aromatic N) is 8. The molecule has 0 amide bonds. The zero-order valence-corrected chi connectivity index (χ0v) is 25.6. The first-order chi connectivity index (χ1) is 20.8. The first kappa shape index (κ1) is 29.9. The lowest BCUT2D eigenvalue weighted by molar-refractivity contribution is -0.0459. The summed E-state index contributed by atoms with van der Waals surface area (Å²) in [5.41, 5.74) is -0.633. The van der Waals surface area contributed by atoms with Crippen molar-refractivity contribution < 1.29 is 41.2 Å². The summed E-state index contributed by atoms with van der Waals surface area (Å²) in [6.45, 7) is -4.81. The van der Waals surface area contributed by atoms with Gasteiger partial charge in [-0.15, -0.1) is 0 Å². The van der Waals surface area contributed by atoms with E-state index in [0.717, 1.165) is 10.9 Å². The van der Waals surface area contributed by atoms with Crippen LogP contribution in [0.2, 0.25) is 0 Å². The third-order valence-corrected chi connectivity index (χ3v) is 10.5. The molecule has 236 valence electrons. The number of phosphoric ester groups is 1. The van der Waals surface area contributed by atoms with Gasteiger partial charge >= 0.3 is 14.6 Å². The highest BCUT2D eigenvalue weighted by atomic mass is 32.7. The Labute approximate surface area is 251 Å². The van der Waals surface area contributed by atoms with Crippen molar-refractivity contribution in [3.05, 3.63) is 46.0 Å². The molecule has 18 nitrogen and oxygen atoms in total. The van der Waals surface area contributed by atoms with Gasteiger partial charge in [0.15, 0.2) is 34.7 Å². The molecule has 1 saturated carbocycles. The second kappa shape index (κ2) is 10.6. The van der Waals surface area contributed by atoms with Gasteiger partial charge in [-0.1, -0.05) is 12.2 Å². The Hall–Kier alpha value is -2.80. The molecule has 4 aromatic rings. The van der Waals surface area contributed by atoms with Gasteiger partial charge in [0, 0.05) is 20.5 Å². The lowest BCUT2D eigenvalue weighted by Crippen LogP contribution is -2.34. The molecule has 2 saturated heterocycles. The Kier molecular flexibility index (Phi) is 7.23. The van der Waals surface area contributed by atoms with E-state index >= 15 is 4.39 Å². The van der Waals surface area contributed by atoms with Gasteiger partial charge in [0.25, 0.3) is 11.1 Å². The normalized spacial score (nSPS) is 36.3. The Morgan fingerprint density at radius 3 is 2.16 bits per heavy atom. The number of ether oxygens (including phenoxy) is 1. The molecule has 1 aliphatic carbocycles. The number of aromatic nitrogens is 8. The van der Waals surface area contributed by atoms with Crippen molar-refractivity contribution >= 4 is 49.2 Å². The summed E-state index contributed by atoms with van der Waals surface area (Å²) < 4.78 is 75.7. The number of fused-ring (bicyclic) bond motifs is 5. The fourth-order valence-corrected chi connectivity index (χ4v) is 8.44. The molecule has 0 spiro atoms. The highest BCUT2D eigenvalue weighted by Crippen LogP contribution is 2.60. The molecule has 2 aliphatic heterocycles. The molecule has 1 N–H and O–H groups in total. The standard InChI is InChI=1S/C22H25FN8O10P2S/c1-28-6-26-18-15(20(28)32)24-8-30(18)11-3-10-4-12(11)40-43(36,44)37-5-13-17(41-42(34,35)39-10)14(23)22(38-13)31-9-25-16-19(31)27-7-29(2)21(16)33/h6-14,17,22H,3-5H2,1-2H3,(H,34,35)(H,36,44)/t10-,11+,12+,13+,14+,17+,22+,43?/m0/s1. The summed E-state index contributed by atoms with van der Waals surface area (Å²) in [4.78, 5) is 52.3. The summed E-state index contributed by atoms with van der Waals surface area (Å²) >= 11 is 4.11. The summed E-state index contributed by atoms with van der Waals surface area (Å²) in [5.74, 6) is 0. The number of hydrogen-bond acceptors (Lipinski definition) is 13. The van der Waals surface area contributed by atoms with E-state index in [9.17, 15) is 23.6 Å². The van der Waals surface area contributed by atoms with Crippen LogP contribution in [0.4, 0.5) is 4.39 Å². The maximum absolute atomic E-state index is 16.0. The first-order valence-electron chi connectivity index (χ1n) is 13.2. The molecule has 3 fully saturated rings. The monoisotopic (exact) mass is 674 g/mol. The van der Waals surface area contributed by atoms with Gasteiger partial charge in [-0.05, 0) is 6.42 Å². The molecular weight excluding hydrogens is 649 g/mol. The fourth-order valence-electron chi connectivity index (χ4n) is 5.76. The van der Waals surface area contributed by atoms with Crippen molar-refractivity contribution in [1.82, 2.24) is 38.2 Å². The van der Waals surface area contributed by atoms with Crippen molar-refractivity contribution in [3.8, 4) is 0 Å². The van der Waals surface area contributed by atoms with Crippen LogP contribution in [0.25, 0.3) is 22.3 Å². The highest BCUT2D eigenvalue weighted by molar-refractivity contribution is 8.44. The number of phosphoric acid groups is 1. The van der Waals surface area contributed by atoms with E-state index in [1.165, 1.54) is 46.8 Å². The van der Waals surface area contributed by atoms with Crippen molar-refractivity contribution in [1.29, 1.82) is 0 Å². The van der Waals surface area contributed by atoms with E-state index in [0.29, 0.717) is 0 Å². The van der Waals surface area contributed by atoms with Crippen LogP contribution in [-0.4, -0.2) is 80.3 Å². The zero-order valence-electron chi connectivity index (χ0n) is 22.9. The van der Waals surface area contributed by atoms with Gasteiger partial charge in [-0.25, -0.2) is 33.5 Å². The highest BCUT2D eigenvalue weighted by Gasteiger charge is 2.53. The molecule has 2 bridgehead atoms. The van der Waals surface area contributed by atoms with Gasteiger partial charge in [-0.3, -0.25) is 32.3 Å². The quantitative estimate of drug-likeness (QED) is 0.226. The maximum atomic E-state index is 16.0. The Morgan fingerprint density at radius 2 is 1.50 bits per heavy atom. The summed E-state index contributed by atoms with van der Waals surface area (Å²) in [7, 11) is -1.96. The van der Waals surface area contributed by atoms with E-state index < -0.39 is 75.2 Å². The zero-order chi connectivity index (χ0) is 31.1. The van der Waals surface area contributed by atoms with Crippen LogP contribution in [0.1, 0.15) is 25.1 Å². The number of halogens is 1. The second-order valence-electron chi connectivity index (χ2n) is 10.7. The topological polar surface area (TPSA) is 206 Å². The van der Waals surface area contributed by atoms with Gasteiger partial charge in [0.2, 0.25) is 0 Å². The van der Waals surface area contributed by atoms with Crippen LogP contribution in [-0.2, 0) is 46.1 Å². The van der Waals surface area contributed by atoms with Crippen LogP contribution < -0.4 is 11.1 Å². The predicted molar refractivity (Wildman–Crippen MR) is 150 cm³/mol. The van der Waals surface area contributed by atoms with Crippen LogP contribution in [0.3, 0.4) is 0 Å². The van der Waals surface area contributed by atoms with Crippen LogP contribution in [0.5, 0.6) is 0 Å². The van der Waals surface area contributed by atoms with Gasteiger partial charge < -0.3 is 23.3 Å². The van der Waals surface area contributed by atoms with Crippen LogP contribution >= 0.6 is 26.9 Å². The molecular formula is C22H25FN8O10P2S. The van der Waals surface area contributed by atoms with E-state index in [2.05, 4.69) is 32.2 Å². The summed E-state index contributed by atoms with van der Waals surface area (Å²) in [5, 5.41) is 0. The lowest BCUT2D eigenvalue weighted by atomic mass is 10.1. The number of hydrogen-bond donors (Lipinski definition) is 2. The molecule has 3 aliphatic rings. The number of aryl methyl sites for hydroxylation is 2. The molecule has 2 unspecified atom stereocenters. The Balaban J connectivity index is 1.20. The fraction of sp³-hybridized carbons (Fsp3) is 0.545. The Bertz CT molecular complexity index is 2000. The maximum Gasteiger partial charge on any atom is 0.472 e. The SMILES string of the molecule is Cn1cnc2c(ncn2[C@@H]2C[C@H]3C[C@H]2OP(=O)(S)OC[C@H]2O[C@@H](n4cnc5c(=O)n(C)cnc54)[C@H](F)[C@@H]2OP(=O)(O)O3)c1=O. The van der Waals surface area contributed by atoms with E-state index in [4.69, 9.17) is 22.8 Å². The minimum absolute atomic E-state index is 0.00772. The molecule has 7 rings (SSSR count). The predicted octanol–water partition coefficient (Wildman–Crippen LogP) is 1.17. The number of imidazole rings is 2. The smallest absolute Gasteiger partial charge is 0.346 e. The third kappa shape index (κ3) is 5.07. The van der Waals surface area contributed by atoms with Crippen molar-refractivity contribution in [2.75, 3.05) is 6.61 Å². The summed E-state index contributed by atoms with van der Waals surface area (Å²) in [6, 6.07) is -0.724. The molecule has 6 heterocycles.